The lowest BCUT2D eigenvalue weighted by atomic mass is 9.98. The zero-order chi connectivity index (χ0) is 76.3. The van der Waals surface area contributed by atoms with E-state index in [4.69, 9.17) is 17.2 Å². The van der Waals surface area contributed by atoms with E-state index in [-0.39, 0.29) is 125 Å². The zero-order valence-electron chi connectivity index (χ0n) is 62.8. The van der Waals surface area contributed by atoms with Crippen LogP contribution in [0.2, 0.25) is 0 Å². The third kappa shape index (κ3) is 35.5. The molecule has 0 unspecified atom stereocenters. The van der Waals surface area contributed by atoms with E-state index in [0.29, 0.717) is 45.1 Å². The molecule has 1 aliphatic heterocycles. The summed E-state index contributed by atoms with van der Waals surface area (Å²) in [4.78, 5) is 182. The number of hydrogen-bond donors (Lipinski definition) is 16. The van der Waals surface area contributed by atoms with Crippen molar-refractivity contribution in [3.8, 4) is 0 Å². The van der Waals surface area contributed by atoms with Gasteiger partial charge in [0.15, 0.2) is 0 Å². The lowest BCUT2D eigenvalue weighted by Crippen LogP contribution is -2.61. The van der Waals surface area contributed by atoms with Gasteiger partial charge in [0, 0.05) is 6.54 Å². The fourth-order valence-electron chi connectivity index (χ4n) is 11.7. The average Bonchev–Trinajstić information content (AvgIpc) is 1.59. The van der Waals surface area contributed by atoms with E-state index < -0.39 is 163 Å². The Morgan fingerprint density at radius 3 is 1.06 bits per heavy atom. The van der Waals surface area contributed by atoms with Gasteiger partial charge in [-0.25, -0.2) is 4.79 Å². The van der Waals surface area contributed by atoms with E-state index in [9.17, 15) is 72.5 Å². The number of likely N-dealkylation sites (tertiary alicyclic amines) is 1. The monoisotopic (exact) mass is 1420 g/mol. The minimum absolute atomic E-state index is 0.0329. The molecule has 12 atom stereocenters. The number of carboxylic acids is 1. The quantitative estimate of drug-likeness (QED) is 0.0377. The van der Waals surface area contributed by atoms with Crippen LogP contribution in [0.4, 0.5) is 0 Å². The molecule has 0 saturated carbocycles. The normalized spacial score (nSPS) is 16.5. The smallest absolute Gasteiger partial charge is 0.326 e. The van der Waals surface area contributed by atoms with E-state index in [0.717, 1.165) is 0 Å². The molecule has 0 aliphatic carbocycles. The van der Waals surface area contributed by atoms with Crippen molar-refractivity contribution in [2.75, 3.05) is 32.8 Å². The molecule has 30 nitrogen and oxygen atoms in total. The molecule has 1 fully saturated rings. The minimum Gasteiger partial charge on any atom is -0.480 e. The van der Waals surface area contributed by atoms with E-state index in [2.05, 4.69) is 58.5 Å². The SMILES string of the molecule is CC(C)C[C@H](NC(=O)[C@H](CC(C)C)NC(=O)[C@H](CCCCN)NC(=O)[C@@H]1CCCN1C(=O)[C@H](CC(C)C)NC(=O)[C@H](CC(C)C)NC(=O)[C@H](CCCCN)NC(=O)[C@H](CC(C)C)NC(=O)[C@H](CC(C)C)NC(=O)[C@H](CO)NC(=O)CNC(=O)[C@H](CC(C)C)NC(=O)[C@@H](N)CC(C)C)C(=O)O. The van der Waals surface area contributed by atoms with Crippen LogP contribution >= 0.6 is 0 Å². The second-order valence-corrected chi connectivity index (χ2v) is 30.3. The van der Waals surface area contributed by atoms with Crippen molar-refractivity contribution >= 4 is 76.9 Å². The molecule has 1 aliphatic rings. The van der Waals surface area contributed by atoms with Gasteiger partial charge in [0.2, 0.25) is 70.9 Å². The number of hydrogen-bond acceptors (Lipinski definition) is 17. The fourth-order valence-corrected chi connectivity index (χ4v) is 11.7. The number of carbonyl (C=O) groups excluding carboxylic acids is 12. The highest BCUT2D eigenvalue weighted by Gasteiger charge is 2.41. The molecule has 0 spiro atoms. The molecule has 1 rings (SSSR count). The Labute approximate surface area is 593 Å². The number of nitrogens with one attached hydrogen (secondary N) is 11. The molecular weight excluding hydrogens is 1290 g/mol. The van der Waals surface area contributed by atoms with Crippen LogP contribution < -0.4 is 75.7 Å². The number of aliphatic carboxylic acids is 1. The van der Waals surface area contributed by atoms with Crippen LogP contribution in [0.3, 0.4) is 0 Å². The Morgan fingerprint density at radius 2 is 0.690 bits per heavy atom. The largest absolute Gasteiger partial charge is 0.480 e. The third-order valence-electron chi connectivity index (χ3n) is 16.7. The lowest BCUT2D eigenvalue weighted by molar-refractivity contribution is -0.143. The van der Waals surface area contributed by atoms with E-state index in [1.54, 1.807) is 13.8 Å². The second-order valence-electron chi connectivity index (χ2n) is 30.3. The van der Waals surface area contributed by atoms with Gasteiger partial charge in [-0.1, -0.05) is 111 Å². The van der Waals surface area contributed by atoms with E-state index in [1.165, 1.54) is 4.90 Å². The van der Waals surface area contributed by atoms with Gasteiger partial charge in [-0.15, -0.1) is 0 Å². The van der Waals surface area contributed by atoms with Crippen molar-refractivity contribution < 1.29 is 72.5 Å². The topological polar surface area (TPSA) is 476 Å². The molecule has 0 aromatic heterocycles. The van der Waals surface area contributed by atoms with Gasteiger partial charge in [-0.05, 0) is 163 Å². The standard InChI is InChI=1S/C70H129N15O15/c1-38(2)28-46(73)59(88)78-49(29-39(3)4)60(89)74-36-58(87)75-56(37-86)67(96)82-51(31-41(7)8)64(93)81-50(30-40(5)6)63(92)76-47(22-17-19-25-71)61(90)79-52(32-42(9)10)65(94)83-54(34-44(13)14)69(98)85-27-21-24-57(85)68(97)77-48(23-18-20-26-72)62(91)80-53(33-43(11)12)66(95)84-55(70(99)100)35-45(15)16/h38-57,86H,17-37,71-73H2,1-16H3,(H,74,89)(H,75,87)(H,76,92)(H,77,97)(H,78,88)(H,79,90)(H,80,91)(H,81,93)(H,82,96)(H,83,94)(H,84,95)(H,99,100)/t46-,47-,48-,49-,50-,51-,52-,53-,54-,55-,56-,57-/m0/s1. The highest BCUT2D eigenvalue weighted by molar-refractivity contribution is 5.99. The summed E-state index contributed by atoms with van der Waals surface area (Å²) in [5.41, 5.74) is 17.7. The second kappa shape index (κ2) is 47.2. The minimum atomic E-state index is -1.59. The molecule has 100 heavy (non-hydrogen) atoms. The maximum atomic E-state index is 14.8. The van der Waals surface area contributed by atoms with Crippen LogP contribution in [-0.4, -0.2) is 197 Å². The van der Waals surface area contributed by atoms with Crippen LogP contribution in [0.1, 0.15) is 214 Å². The number of nitrogens with two attached hydrogens (primary N) is 3. The van der Waals surface area contributed by atoms with Crippen molar-refractivity contribution in [3.63, 3.8) is 0 Å². The van der Waals surface area contributed by atoms with Gasteiger partial charge < -0.3 is 90.8 Å². The van der Waals surface area contributed by atoms with Gasteiger partial charge in [0.1, 0.15) is 66.5 Å². The number of nitrogens with zero attached hydrogens (tertiary/aromatic N) is 1. The van der Waals surface area contributed by atoms with Crippen molar-refractivity contribution in [1.29, 1.82) is 0 Å². The maximum absolute atomic E-state index is 14.8. The average molecular weight is 1420 g/mol. The Kier molecular flexibility index (Phi) is 42.9. The first-order valence-corrected chi connectivity index (χ1v) is 36.4. The van der Waals surface area contributed by atoms with Crippen molar-refractivity contribution in [2.45, 2.75) is 286 Å². The number of carbonyl (C=O) groups is 13. The lowest BCUT2D eigenvalue weighted by Gasteiger charge is -2.32. The zero-order valence-corrected chi connectivity index (χ0v) is 62.8. The number of amides is 12. The van der Waals surface area contributed by atoms with Crippen LogP contribution in [-0.2, 0) is 62.3 Å². The summed E-state index contributed by atoms with van der Waals surface area (Å²) in [5.74, 6) is -10.7. The summed E-state index contributed by atoms with van der Waals surface area (Å²) < 4.78 is 0. The number of aliphatic hydroxyl groups is 1. The van der Waals surface area contributed by atoms with Crippen molar-refractivity contribution in [2.24, 2.45) is 64.5 Å². The molecule has 1 heterocycles. The summed E-state index contributed by atoms with van der Waals surface area (Å²) in [7, 11) is 0. The highest BCUT2D eigenvalue weighted by atomic mass is 16.4. The number of carboxylic acid groups (broad SMARTS) is 1. The van der Waals surface area contributed by atoms with Crippen molar-refractivity contribution in [3.05, 3.63) is 0 Å². The molecule has 574 valence electrons. The number of rotatable bonds is 49. The van der Waals surface area contributed by atoms with Gasteiger partial charge in [-0.2, -0.15) is 0 Å². The summed E-state index contributed by atoms with van der Waals surface area (Å²) in [6.45, 7) is 28.6. The predicted molar refractivity (Wildman–Crippen MR) is 381 cm³/mol. The molecule has 0 aromatic carbocycles. The molecule has 1 saturated heterocycles. The molecule has 0 bridgehead atoms. The Hall–Kier alpha value is -7.05. The van der Waals surface area contributed by atoms with Crippen LogP contribution in [0.25, 0.3) is 0 Å². The summed E-state index contributed by atoms with van der Waals surface area (Å²) >= 11 is 0. The summed E-state index contributed by atoms with van der Waals surface area (Å²) in [6, 6.07) is -14.4. The molecule has 12 amide bonds. The molecule has 19 N–H and O–H groups in total. The van der Waals surface area contributed by atoms with E-state index in [1.807, 2.05) is 96.9 Å². The Morgan fingerprint density at radius 1 is 0.380 bits per heavy atom. The first kappa shape index (κ1) is 91.0. The maximum Gasteiger partial charge on any atom is 0.326 e. The molecule has 0 radical (unpaired) electrons. The predicted octanol–water partition coefficient (Wildman–Crippen LogP) is 0.973. The Balaban J connectivity index is 3.50. The highest BCUT2D eigenvalue weighted by Crippen LogP contribution is 2.23. The van der Waals surface area contributed by atoms with Gasteiger partial charge >= 0.3 is 5.97 Å². The summed E-state index contributed by atoms with van der Waals surface area (Å²) in [5, 5.41) is 49.6. The number of aliphatic hydroxyl groups excluding tert-OH is 1. The number of unbranched alkanes of at least 4 members (excludes halogenated alkanes) is 2. The van der Waals surface area contributed by atoms with Crippen molar-refractivity contribution in [1.82, 2.24) is 63.4 Å². The van der Waals surface area contributed by atoms with Gasteiger partial charge in [0.05, 0.1) is 19.2 Å². The first-order valence-electron chi connectivity index (χ1n) is 36.4. The molecule has 30 heteroatoms. The Bertz CT molecular complexity index is 2620. The van der Waals surface area contributed by atoms with Crippen LogP contribution in [0.15, 0.2) is 0 Å². The third-order valence-corrected chi connectivity index (χ3v) is 16.7. The van der Waals surface area contributed by atoms with Gasteiger partial charge in [-0.3, -0.25) is 57.5 Å². The van der Waals surface area contributed by atoms with Gasteiger partial charge in [0.25, 0.3) is 0 Å². The first-order chi connectivity index (χ1) is 46.7. The van der Waals surface area contributed by atoms with E-state index >= 15 is 0 Å². The molecular formula is C70H129N15O15. The fraction of sp³-hybridized carbons (Fsp3) is 0.814. The van der Waals surface area contributed by atoms with Crippen LogP contribution in [0.5, 0.6) is 0 Å². The van der Waals surface area contributed by atoms with Crippen LogP contribution in [0, 0.1) is 47.3 Å². The summed E-state index contributed by atoms with van der Waals surface area (Å²) in [6.07, 6.45) is 3.82. The molecule has 0 aromatic rings.